The second kappa shape index (κ2) is 9.09. The Balaban J connectivity index is 1.28. The number of nitrogens with one attached hydrogen (secondary N) is 3. The molecule has 0 aromatic carbocycles. The van der Waals surface area contributed by atoms with Gasteiger partial charge < -0.3 is 20.1 Å². The maximum atomic E-state index is 12.6. The number of H-pyrrole nitrogens is 1. The number of hydrogen-bond acceptors (Lipinski definition) is 6. The summed E-state index contributed by atoms with van der Waals surface area (Å²) in [6, 6.07) is 3.71. The summed E-state index contributed by atoms with van der Waals surface area (Å²) in [6.45, 7) is 2.37. The number of aryl methyl sites for hydroxylation is 1. The largest absolute Gasteiger partial charge is 0.446 e. The summed E-state index contributed by atoms with van der Waals surface area (Å²) < 4.78 is 12.2. The number of hydrogen-bond donors (Lipinski definition) is 3. The van der Waals surface area contributed by atoms with E-state index in [9.17, 15) is 9.59 Å². The van der Waals surface area contributed by atoms with E-state index < -0.39 is 0 Å². The first-order valence-electron chi connectivity index (χ1n) is 10.8. The van der Waals surface area contributed by atoms with E-state index in [0.717, 1.165) is 25.0 Å². The number of aromatic nitrogens is 4. The quantitative estimate of drug-likeness (QED) is 0.592. The number of aromatic amines is 1. The van der Waals surface area contributed by atoms with Gasteiger partial charge in [-0.1, -0.05) is 0 Å². The molecule has 2 aromatic heterocycles. The van der Waals surface area contributed by atoms with E-state index in [4.69, 9.17) is 9.47 Å². The predicted molar refractivity (Wildman–Crippen MR) is 113 cm³/mol. The van der Waals surface area contributed by atoms with Crippen molar-refractivity contribution in [3.05, 3.63) is 29.2 Å². The Bertz CT molecular complexity index is 934. The summed E-state index contributed by atoms with van der Waals surface area (Å²) in [5.41, 5.74) is 2.04. The third-order valence-electron chi connectivity index (χ3n) is 6.07. The minimum Gasteiger partial charge on any atom is -0.446 e. The lowest BCUT2D eigenvalue weighted by Gasteiger charge is -2.16. The number of carbonyl (C=O) groups is 2. The van der Waals surface area contributed by atoms with Gasteiger partial charge in [0.1, 0.15) is 11.8 Å². The van der Waals surface area contributed by atoms with Gasteiger partial charge in [-0.05, 0) is 51.0 Å². The molecule has 31 heavy (non-hydrogen) atoms. The van der Waals surface area contributed by atoms with E-state index in [1.807, 2.05) is 13.0 Å². The van der Waals surface area contributed by atoms with Crippen LogP contribution in [0.25, 0.3) is 0 Å². The van der Waals surface area contributed by atoms with Gasteiger partial charge in [-0.3, -0.25) is 14.6 Å². The zero-order valence-corrected chi connectivity index (χ0v) is 18.2. The molecule has 2 aliphatic carbocycles. The first kappa shape index (κ1) is 21.4. The van der Waals surface area contributed by atoms with Gasteiger partial charge in [-0.25, -0.2) is 4.79 Å². The van der Waals surface area contributed by atoms with E-state index in [2.05, 4.69) is 25.9 Å². The van der Waals surface area contributed by atoms with Crippen LogP contribution in [-0.4, -0.2) is 51.2 Å². The second-order valence-electron chi connectivity index (χ2n) is 8.55. The summed E-state index contributed by atoms with van der Waals surface area (Å²) in [7, 11) is 3.30. The Morgan fingerprint density at radius 1 is 1.29 bits per heavy atom. The third-order valence-corrected chi connectivity index (χ3v) is 6.07. The van der Waals surface area contributed by atoms with Gasteiger partial charge in [0.25, 0.3) is 5.91 Å². The zero-order chi connectivity index (χ0) is 22.0. The van der Waals surface area contributed by atoms with Crippen LogP contribution in [0.5, 0.6) is 0 Å². The Kier molecular flexibility index (Phi) is 6.26. The molecule has 10 heteroatoms. The summed E-state index contributed by atoms with van der Waals surface area (Å²) in [6.07, 6.45) is 4.38. The van der Waals surface area contributed by atoms with Gasteiger partial charge in [0.05, 0.1) is 12.3 Å². The second-order valence-corrected chi connectivity index (χ2v) is 8.55. The lowest BCUT2D eigenvalue weighted by Crippen LogP contribution is -2.36. The standard InChI is InChI=1S/C21H30N6O4/c1-12(13-4-5-13)22-21(29)31-16-7-6-14(8-16)17-10-19(25-24-17)23-20(28)18-9-15(11-30-3)26-27(18)2/h9-10,12-14,16H,4-8,11H2,1-3H3,(H,22,29)(H2,23,24,25,28)/t12-,14-,16+/m0/s1. The molecule has 2 aromatic rings. The molecule has 0 saturated heterocycles. The van der Waals surface area contributed by atoms with Crippen molar-refractivity contribution in [2.24, 2.45) is 13.0 Å². The highest BCUT2D eigenvalue weighted by Crippen LogP contribution is 2.36. The van der Waals surface area contributed by atoms with Crippen molar-refractivity contribution in [2.75, 3.05) is 12.4 Å². The van der Waals surface area contributed by atoms with Gasteiger partial charge in [0.15, 0.2) is 5.82 Å². The van der Waals surface area contributed by atoms with Crippen LogP contribution in [0.2, 0.25) is 0 Å². The third kappa shape index (κ3) is 5.25. The molecule has 0 bridgehead atoms. The number of ether oxygens (including phenoxy) is 2. The molecule has 2 saturated carbocycles. The molecule has 10 nitrogen and oxygen atoms in total. The van der Waals surface area contributed by atoms with Crippen molar-refractivity contribution >= 4 is 17.8 Å². The molecule has 2 aliphatic rings. The first-order valence-corrected chi connectivity index (χ1v) is 10.8. The zero-order valence-electron chi connectivity index (χ0n) is 18.2. The van der Waals surface area contributed by atoms with Crippen molar-refractivity contribution in [2.45, 2.75) is 63.7 Å². The van der Waals surface area contributed by atoms with Crippen molar-refractivity contribution in [3.8, 4) is 0 Å². The minimum atomic E-state index is -0.327. The summed E-state index contributed by atoms with van der Waals surface area (Å²) in [4.78, 5) is 24.7. The molecule has 168 valence electrons. The predicted octanol–water partition coefficient (Wildman–Crippen LogP) is 2.70. The van der Waals surface area contributed by atoms with Gasteiger partial charge >= 0.3 is 6.09 Å². The van der Waals surface area contributed by atoms with Gasteiger partial charge in [0, 0.05) is 37.9 Å². The van der Waals surface area contributed by atoms with Crippen LogP contribution in [0.4, 0.5) is 10.6 Å². The monoisotopic (exact) mass is 430 g/mol. The van der Waals surface area contributed by atoms with Crippen molar-refractivity contribution < 1.29 is 19.1 Å². The fourth-order valence-electron chi connectivity index (χ4n) is 4.16. The van der Waals surface area contributed by atoms with Gasteiger partial charge in [-0.15, -0.1) is 0 Å². The lowest BCUT2D eigenvalue weighted by molar-refractivity contribution is 0.0966. The molecule has 2 heterocycles. The SMILES string of the molecule is COCc1cc(C(=O)Nc2cc([C@H]3CC[C@@H](OC(=O)N[C@@H](C)C4CC4)C3)[nH]n2)n(C)n1. The van der Waals surface area contributed by atoms with Crippen LogP contribution < -0.4 is 10.6 Å². The van der Waals surface area contributed by atoms with E-state index >= 15 is 0 Å². The smallest absolute Gasteiger partial charge is 0.407 e. The molecule has 2 amide bonds. The molecule has 3 atom stereocenters. The molecule has 4 rings (SSSR count). The molecule has 0 unspecified atom stereocenters. The molecule has 0 spiro atoms. The summed E-state index contributed by atoms with van der Waals surface area (Å²) in [5.74, 6) is 0.974. The van der Waals surface area contributed by atoms with E-state index in [-0.39, 0.29) is 30.1 Å². The molecular formula is C21H30N6O4. The Hall–Kier alpha value is -2.88. The molecule has 0 radical (unpaired) electrons. The maximum Gasteiger partial charge on any atom is 0.407 e. The maximum absolute atomic E-state index is 12.6. The molecule has 0 aliphatic heterocycles. The Labute approximate surface area is 181 Å². The fourth-order valence-corrected chi connectivity index (χ4v) is 4.16. The van der Waals surface area contributed by atoms with Gasteiger partial charge in [-0.2, -0.15) is 10.2 Å². The number of nitrogens with zero attached hydrogens (tertiary/aromatic N) is 3. The number of methoxy groups -OCH3 is 1. The Morgan fingerprint density at radius 2 is 2.10 bits per heavy atom. The number of anilines is 1. The average Bonchev–Trinajstić information content (AvgIpc) is 3.11. The highest BCUT2D eigenvalue weighted by Gasteiger charge is 2.32. The van der Waals surface area contributed by atoms with Crippen molar-refractivity contribution in [1.29, 1.82) is 0 Å². The highest BCUT2D eigenvalue weighted by molar-refractivity contribution is 6.02. The molecule has 3 N–H and O–H groups in total. The Morgan fingerprint density at radius 3 is 2.84 bits per heavy atom. The molecule has 2 fully saturated rings. The van der Waals surface area contributed by atoms with Crippen LogP contribution >= 0.6 is 0 Å². The number of alkyl carbamates (subject to hydrolysis) is 1. The number of amides is 2. The van der Waals surface area contributed by atoms with Crippen molar-refractivity contribution in [1.82, 2.24) is 25.3 Å². The van der Waals surface area contributed by atoms with E-state index in [1.165, 1.54) is 17.5 Å². The minimum absolute atomic E-state index is 0.105. The van der Waals surface area contributed by atoms with Crippen LogP contribution in [0.15, 0.2) is 12.1 Å². The average molecular weight is 431 g/mol. The van der Waals surface area contributed by atoms with Crippen molar-refractivity contribution in [3.63, 3.8) is 0 Å². The number of carbonyl (C=O) groups excluding carboxylic acids is 2. The lowest BCUT2D eigenvalue weighted by atomic mass is 10.0. The highest BCUT2D eigenvalue weighted by atomic mass is 16.6. The first-order chi connectivity index (χ1) is 14.9. The topological polar surface area (TPSA) is 123 Å². The van der Waals surface area contributed by atoms with E-state index in [1.54, 1.807) is 20.2 Å². The van der Waals surface area contributed by atoms with Gasteiger partial charge in [0.2, 0.25) is 0 Å². The fraction of sp³-hybridized carbons (Fsp3) is 0.619. The summed E-state index contributed by atoms with van der Waals surface area (Å²) in [5, 5.41) is 17.2. The van der Waals surface area contributed by atoms with Crippen LogP contribution in [0, 0.1) is 5.92 Å². The van der Waals surface area contributed by atoms with Crippen LogP contribution in [-0.2, 0) is 23.1 Å². The van der Waals surface area contributed by atoms with Crippen LogP contribution in [0.1, 0.15) is 66.8 Å². The normalized spacial score (nSPS) is 21.6. The number of rotatable bonds is 8. The summed E-state index contributed by atoms with van der Waals surface area (Å²) >= 11 is 0. The molecular weight excluding hydrogens is 400 g/mol. The van der Waals surface area contributed by atoms with E-state index in [0.29, 0.717) is 29.7 Å². The van der Waals surface area contributed by atoms with Crippen LogP contribution in [0.3, 0.4) is 0 Å².